The third-order valence-corrected chi connectivity index (χ3v) is 6.93. The summed E-state index contributed by atoms with van der Waals surface area (Å²) < 4.78 is 12.3. The second-order valence-corrected chi connectivity index (χ2v) is 9.44. The fourth-order valence-electron chi connectivity index (χ4n) is 4.92. The van der Waals surface area contributed by atoms with E-state index in [0.29, 0.717) is 32.0 Å². The van der Waals surface area contributed by atoms with Gasteiger partial charge in [0, 0.05) is 24.4 Å². The van der Waals surface area contributed by atoms with E-state index in [0.717, 1.165) is 30.8 Å². The zero-order chi connectivity index (χ0) is 24.6. The summed E-state index contributed by atoms with van der Waals surface area (Å²) in [6.45, 7) is 2.99. The number of hydrogen-bond donors (Lipinski definition) is 1. The van der Waals surface area contributed by atoms with Crippen molar-refractivity contribution >= 4 is 16.6 Å². The summed E-state index contributed by atoms with van der Waals surface area (Å²) in [5.41, 5.74) is 3.25. The topological polar surface area (TPSA) is 47.6 Å². The summed E-state index contributed by atoms with van der Waals surface area (Å²) in [7, 11) is 0. The monoisotopic (exact) mass is 479 g/mol. The second kappa shape index (κ2) is 12.0. The number of hydrogen-bond acceptors (Lipinski definition) is 4. The first kappa shape index (κ1) is 24.2. The lowest BCUT2D eigenvalue weighted by Crippen LogP contribution is -2.40. The number of ether oxygens (including phenoxy) is 2. The van der Waals surface area contributed by atoms with Gasteiger partial charge in [-0.25, -0.2) is 0 Å². The summed E-state index contributed by atoms with van der Waals surface area (Å²) >= 11 is 0. The van der Waals surface area contributed by atoms with Gasteiger partial charge in [0.2, 0.25) is 0 Å². The Morgan fingerprint density at radius 1 is 0.861 bits per heavy atom. The minimum Gasteiger partial charge on any atom is -0.494 e. The molecule has 4 aromatic carbocycles. The van der Waals surface area contributed by atoms with Gasteiger partial charge >= 0.3 is 0 Å². The van der Waals surface area contributed by atoms with Crippen LogP contribution in [0.3, 0.4) is 0 Å². The minimum absolute atomic E-state index is 0.126. The van der Waals surface area contributed by atoms with E-state index in [1.807, 2.05) is 42.5 Å². The van der Waals surface area contributed by atoms with Crippen LogP contribution in [0.15, 0.2) is 97.1 Å². The third-order valence-electron chi connectivity index (χ3n) is 6.93. The Morgan fingerprint density at radius 2 is 1.64 bits per heavy atom. The Labute approximate surface area is 213 Å². The van der Waals surface area contributed by atoms with Crippen molar-refractivity contribution < 1.29 is 14.3 Å². The first-order chi connectivity index (χ1) is 17.8. The van der Waals surface area contributed by atoms with Crippen LogP contribution in [0, 0.1) is 0 Å². The van der Waals surface area contributed by atoms with Gasteiger partial charge in [-0.15, -0.1) is 0 Å². The lowest BCUT2D eigenvalue weighted by Gasteiger charge is -2.32. The summed E-state index contributed by atoms with van der Waals surface area (Å²) in [6, 6.07) is 32.8. The average Bonchev–Trinajstić information content (AvgIpc) is 2.95. The molecule has 4 aromatic rings. The highest BCUT2D eigenvalue weighted by molar-refractivity contribution is 5.95. The van der Waals surface area contributed by atoms with Crippen LogP contribution in [-0.4, -0.2) is 31.6 Å². The van der Waals surface area contributed by atoms with Crippen LogP contribution in [0.25, 0.3) is 10.8 Å². The van der Waals surface area contributed by atoms with Crippen LogP contribution < -0.4 is 10.1 Å². The van der Waals surface area contributed by atoms with Gasteiger partial charge in [0.05, 0.1) is 19.3 Å². The van der Waals surface area contributed by atoms with Gasteiger partial charge in [0.15, 0.2) is 5.78 Å². The van der Waals surface area contributed by atoms with E-state index < -0.39 is 0 Å². The molecule has 0 aliphatic carbocycles. The molecule has 0 amide bonds. The first-order valence-electron chi connectivity index (χ1n) is 12.9. The van der Waals surface area contributed by atoms with Crippen LogP contribution in [0.1, 0.15) is 46.7 Å². The number of nitrogens with one attached hydrogen (secondary N) is 1. The molecule has 4 nitrogen and oxygen atoms in total. The SMILES string of the molecule is O=C(CCCOc1ccc([C@@H]2CCNC[C@H]2OCc2ccc3ccccc3c2)cc1)c1ccccc1. The van der Waals surface area contributed by atoms with Crippen molar-refractivity contribution in [2.45, 2.75) is 37.9 Å². The maximum Gasteiger partial charge on any atom is 0.163 e. The van der Waals surface area contributed by atoms with Crippen LogP contribution in [0.4, 0.5) is 0 Å². The number of piperidine rings is 1. The Hall–Kier alpha value is -3.47. The number of carbonyl (C=O) groups excluding carboxylic acids is 1. The van der Waals surface area contributed by atoms with E-state index >= 15 is 0 Å². The molecule has 0 spiro atoms. The van der Waals surface area contributed by atoms with Crippen molar-refractivity contribution in [3.63, 3.8) is 0 Å². The molecule has 4 heteroatoms. The van der Waals surface area contributed by atoms with Gasteiger partial charge in [-0.05, 0) is 59.5 Å². The predicted molar refractivity (Wildman–Crippen MR) is 145 cm³/mol. The summed E-state index contributed by atoms with van der Waals surface area (Å²) in [5, 5.41) is 5.99. The zero-order valence-corrected chi connectivity index (χ0v) is 20.6. The smallest absolute Gasteiger partial charge is 0.163 e. The first-order valence-corrected chi connectivity index (χ1v) is 12.9. The number of Topliss-reactive ketones (excluding diaryl/α,β-unsaturated/α-hetero) is 1. The van der Waals surface area contributed by atoms with Gasteiger partial charge in [-0.1, -0.05) is 78.9 Å². The van der Waals surface area contributed by atoms with Gasteiger partial charge in [-0.3, -0.25) is 4.79 Å². The van der Waals surface area contributed by atoms with E-state index in [1.54, 1.807) is 0 Å². The molecule has 5 rings (SSSR count). The molecule has 0 radical (unpaired) electrons. The lowest BCUT2D eigenvalue weighted by molar-refractivity contribution is 0.0106. The fourth-order valence-corrected chi connectivity index (χ4v) is 4.92. The van der Waals surface area contributed by atoms with Crippen molar-refractivity contribution in [1.82, 2.24) is 5.32 Å². The minimum atomic E-state index is 0.126. The second-order valence-electron chi connectivity index (χ2n) is 9.44. The molecular weight excluding hydrogens is 446 g/mol. The predicted octanol–water partition coefficient (Wildman–Crippen LogP) is 6.54. The number of ketones is 1. The van der Waals surface area contributed by atoms with Crippen molar-refractivity contribution in [2.24, 2.45) is 0 Å². The van der Waals surface area contributed by atoms with E-state index in [2.05, 4.69) is 59.9 Å². The summed E-state index contributed by atoms with van der Waals surface area (Å²) in [6.07, 6.45) is 2.37. The highest BCUT2D eigenvalue weighted by Crippen LogP contribution is 2.30. The maximum absolute atomic E-state index is 12.2. The number of fused-ring (bicyclic) bond motifs is 1. The molecular formula is C32H33NO3. The van der Waals surface area contributed by atoms with E-state index in [9.17, 15) is 4.79 Å². The van der Waals surface area contributed by atoms with Gasteiger partial charge in [0.25, 0.3) is 0 Å². The highest BCUT2D eigenvalue weighted by atomic mass is 16.5. The molecule has 0 unspecified atom stereocenters. The summed E-state index contributed by atoms with van der Waals surface area (Å²) in [4.78, 5) is 12.2. The molecule has 1 saturated heterocycles. The molecule has 1 N–H and O–H groups in total. The number of carbonyl (C=O) groups is 1. The van der Waals surface area contributed by atoms with Crippen molar-refractivity contribution in [3.05, 3.63) is 114 Å². The number of benzene rings is 4. The van der Waals surface area contributed by atoms with Gasteiger partial charge in [-0.2, -0.15) is 0 Å². The molecule has 0 saturated carbocycles. The Balaban J connectivity index is 1.13. The van der Waals surface area contributed by atoms with Crippen LogP contribution >= 0.6 is 0 Å². The standard InChI is InChI=1S/C32H33NO3/c34-31(27-8-2-1-3-9-27)11-6-20-35-29-16-14-26(15-17-29)30-18-19-33-22-32(30)36-23-24-12-13-25-7-4-5-10-28(25)21-24/h1-5,7-10,12-17,21,30,32-33H,6,11,18-20,22-23H2/t30-,32+/m0/s1. The van der Waals surface area contributed by atoms with Gasteiger partial charge < -0.3 is 14.8 Å². The van der Waals surface area contributed by atoms with Crippen molar-refractivity contribution in [2.75, 3.05) is 19.7 Å². The normalized spacial score (nSPS) is 17.7. The maximum atomic E-state index is 12.2. The molecule has 0 bridgehead atoms. The van der Waals surface area contributed by atoms with E-state index in [1.165, 1.54) is 21.9 Å². The van der Waals surface area contributed by atoms with E-state index in [-0.39, 0.29) is 11.9 Å². The molecule has 1 aliphatic heterocycles. The zero-order valence-electron chi connectivity index (χ0n) is 20.6. The van der Waals surface area contributed by atoms with Crippen LogP contribution in [0.2, 0.25) is 0 Å². The molecule has 1 aliphatic rings. The Kier molecular flexibility index (Phi) is 8.06. The fraction of sp³-hybridized carbons (Fsp3) is 0.281. The average molecular weight is 480 g/mol. The molecule has 1 fully saturated rings. The van der Waals surface area contributed by atoms with Crippen molar-refractivity contribution in [3.8, 4) is 5.75 Å². The Bertz CT molecular complexity index is 1270. The van der Waals surface area contributed by atoms with Crippen LogP contribution in [-0.2, 0) is 11.3 Å². The molecule has 2 atom stereocenters. The lowest BCUT2D eigenvalue weighted by atomic mass is 9.87. The molecule has 0 aromatic heterocycles. The molecule has 36 heavy (non-hydrogen) atoms. The quantitative estimate of drug-likeness (QED) is 0.207. The third kappa shape index (κ3) is 6.20. The largest absolute Gasteiger partial charge is 0.494 e. The van der Waals surface area contributed by atoms with Crippen LogP contribution in [0.5, 0.6) is 5.75 Å². The van der Waals surface area contributed by atoms with E-state index in [4.69, 9.17) is 9.47 Å². The van der Waals surface area contributed by atoms with Crippen molar-refractivity contribution in [1.29, 1.82) is 0 Å². The van der Waals surface area contributed by atoms with Gasteiger partial charge in [0.1, 0.15) is 5.75 Å². The molecule has 1 heterocycles. The molecule has 184 valence electrons. The number of rotatable bonds is 10. The summed E-state index contributed by atoms with van der Waals surface area (Å²) in [5.74, 6) is 1.35. The highest BCUT2D eigenvalue weighted by Gasteiger charge is 2.27. The Morgan fingerprint density at radius 3 is 2.47 bits per heavy atom.